The number of nitrogens with zero attached hydrogens (tertiary/aromatic N) is 14. The molecule has 8 heterocycles. The van der Waals surface area contributed by atoms with E-state index in [2.05, 4.69) is 51.9 Å². The van der Waals surface area contributed by atoms with E-state index in [1.165, 1.54) is 12.5 Å². The molecule has 4 aliphatic rings. The van der Waals surface area contributed by atoms with Crippen molar-refractivity contribution < 1.29 is 16.8 Å². The number of fused-ring (bicyclic) bond motifs is 2. The minimum atomic E-state index is -2.95. The topological polar surface area (TPSA) is 216 Å². The van der Waals surface area contributed by atoms with Crippen LogP contribution in [0.1, 0.15) is 74.1 Å². The predicted molar refractivity (Wildman–Crippen MR) is 290 cm³/mol. The summed E-state index contributed by atoms with van der Waals surface area (Å²) in [7, 11) is -5.91. The second kappa shape index (κ2) is 22.4. The zero-order valence-corrected chi connectivity index (χ0v) is 46.3. The fourth-order valence-electron chi connectivity index (χ4n) is 10.7. The normalized spacial score (nSPS) is 20.1. The lowest BCUT2D eigenvalue weighted by atomic mass is 9.80. The van der Waals surface area contributed by atoms with E-state index in [0.29, 0.717) is 79.2 Å². The van der Waals surface area contributed by atoms with Gasteiger partial charge in [0.15, 0.2) is 22.7 Å². The van der Waals surface area contributed by atoms with E-state index in [0.717, 1.165) is 101 Å². The minimum absolute atomic E-state index is 0.212. The van der Waals surface area contributed by atoms with E-state index in [1.54, 1.807) is 46.0 Å². The molecule has 4 fully saturated rings. The van der Waals surface area contributed by atoms with Gasteiger partial charge >= 0.3 is 0 Å². The third-order valence-electron chi connectivity index (χ3n) is 15.0. The molecule has 0 N–H and O–H groups in total. The summed E-state index contributed by atoms with van der Waals surface area (Å²) in [6.45, 7) is 12.4. The Bertz CT molecular complexity index is 3150. The SMILES string of the molecule is C[C@H](c1ccc(Cl)cc1Cl)n1nc(C#N)c2ncc(N3CC([C@@H]4CCCN(CCS(C)(=O)=O)C4)C3)nc21.C[C@H](c1ccc(Cl)cc1Cl)n1nc(C#N)c2ncc(N3CC([C@H]4CCCN(CCS(C)(=O)=O)C4)C3)nc21. The molecular formula is C50H58Cl4N14O4S2. The summed E-state index contributed by atoms with van der Waals surface area (Å²) in [6, 6.07) is 14.4. The highest BCUT2D eigenvalue weighted by Crippen LogP contribution is 2.37. The third-order valence-corrected chi connectivity index (χ3v) is 18.0. The van der Waals surface area contributed by atoms with E-state index in [4.69, 9.17) is 56.4 Å². The van der Waals surface area contributed by atoms with Crippen molar-refractivity contribution in [3.63, 3.8) is 0 Å². The average Bonchev–Trinajstić information content (AvgIpc) is 3.89. The second-order valence-corrected chi connectivity index (χ2v) is 26.5. The van der Waals surface area contributed by atoms with Crippen molar-refractivity contribution in [3.8, 4) is 12.1 Å². The molecule has 4 atom stereocenters. The summed E-state index contributed by atoms with van der Waals surface area (Å²) in [4.78, 5) is 27.8. The standard InChI is InChI=1S/2C25H29Cl2N7O2S/c2*1-16(20-6-5-19(26)10-21(20)27)34-25-24(22(11-28)31-34)29-12-23(30-25)33-14-18(15-33)17-4-3-7-32(13-17)8-9-37(2,35)36/h2*5-6,10,12,16-18H,3-4,7-9,13-15H2,1-2H3/t16-,17+;16-,17-/m11/s1. The first-order valence-electron chi connectivity index (χ1n) is 24.8. The van der Waals surface area contributed by atoms with Crippen LogP contribution in [0.3, 0.4) is 0 Å². The lowest BCUT2D eigenvalue weighted by molar-refractivity contribution is 0.125. The summed E-state index contributed by atoms with van der Waals surface area (Å²) >= 11 is 25.1. The monoisotopic (exact) mass is 1120 g/mol. The molecule has 0 aliphatic carbocycles. The molecule has 4 aliphatic heterocycles. The van der Waals surface area contributed by atoms with Gasteiger partial charge in [-0.15, -0.1) is 0 Å². The fraction of sp³-hybridized carbons (Fsp3) is 0.520. The van der Waals surface area contributed by atoms with Gasteiger partial charge in [0.2, 0.25) is 0 Å². The average molecular weight is 1130 g/mol. The quantitative estimate of drug-likeness (QED) is 0.103. The maximum absolute atomic E-state index is 11.6. The van der Waals surface area contributed by atoms with Gasteiger partial charge in [0, 0.05) is 85.0 Å². The van der Waals surface area contributed by atoms with Crippen molar-refractivity contribution in [2.45, 2.75) is 51.6 Å². The number of nitriles is 2. The number of likely N-dealkylation sites (tertiary alicyclic amines) is 2. The van der Waals surface area contributed by atoms with Crippen molar-refractivity contribution in [1.29, 1.82) is 10.5 Å². The maximum atomic E-state index is 11.6. The van der Waals surface area contributed by atoms with Gasteiger partial charge in [-0.05, 0) is 112 Å². The molecule has 10 rings (SSSR count). The molecule has 0 saturated carbocycles. The van der Waals surface area contributed by atoms with Gasteiger partial charge in [-0.3, -0.25) is 0 Å². The van der Waals surface area contributed by atoms with Crippen LogP contribution in [-0.2, 0) is 19.7 Å². The lowest BCUT2D eigenvalue weighted by Crippen LogP contribution is -2.54. The third kappa shape index (κ3) is 12.2. The highest BCUT2D eigenvalue weighted by molar-refractivity contribution is 7.90. The summed E-state index contributed by atoms with van der Waals surface area (Å²) < 4.78 is 49.7. The van der Waals surface area contributed by atoms with E-state index < -0.39 is 19.7 Å². The molecule has 4 aromatic heterocycles. The predicted octanol–water partition coefficient (Wildman–Crippen LogP) is 7.61. The number of hydrogen-bond donors (Lipinski definition) is 0. The van der Waals surface area contributed by atoms with Crippen LogP contribution in [0, 0.1) is 46.3 Å². The molecule has 74 heavy (non-hydrogen) atoms. The van der Waals surface area contributed by atoms with Crippen molar-refractivity contribution >= 4 is 100 Å². The Morgan fingerprint density at radius 2 is 1.00 bits per heavy atom. The molecule has 2 aromatic carbocycles. The first kappa shape index (κ1) is 53.9. The highest BCUT2D eigenvalue weighted by atomic mass is 35.5. The Kier molecular flexibility index (Phi) is 16.3. The van der Waals surface area contributed by atoms with E-state index in [-0.39, 0.29) is 35.0 Å². The Morgan fingerprint density at radius 3 is 1.35 bits per heavy atom. The summed E-state index contributed by atoms with van der Waals surface area (Å²) in [5, 5.41) is 30.4. The van der Waals surface area contributed by atoms with Gasteiger partial charge in [-0.2, -0.15) is 20.7 Å². The van der Waals surface area contributed by atoms with Crippen molar-refractivity contribution in [2.24, 2.45) is 23.7 Å². The molecule has 6 aromatic rings. The van der Waals surface area contributed by atoms with Gasteiger partial charge in [0.05, 0.1) is 36.0 Å². The number of benzene rings is 2. The van der Waals surface area contributed by atoms with E-state index in [9.17, 15) is 27.4 Å². The van der Waals surface area contributed by atoms with Crippen LogP contribution >= 0.6 is 46.4 Å². The number of anilines is 2. The Morgan fingerprint density at radius 1 is 0.608 bits per heavy atom. The van der Waals surface area contributed by atoms with Gasteiger partial charge in [-0.25, -0.2) is 46.1 Å². The van der Waals surface area contributed by atoms with Crippen molar-refractivity contribution in [3.05, 3.63) is 91.4 Å². The molecule has 0 bridgehead atoms. The van der Waals surface area contributed by atoms with Crippen molar-refractivity contribution in [2.75, 3.05) is 99.3 Å². The fourth-order valence-corrected chi connectivity index (χ4v) is 13.0. The molecule has 392 valence electrons. The van der Waals surface area contributed by atoms with Crippen molar-refractivity contribution in [1.82, 2.24) is 49.3 Å². The van der Waals surface area contributed by atoms with Gasteiger partial charge in [0.25, 0.3) is 0 Å². The molecule has 4 saturated heterocycles. The molecule has 0 unspecified atom stereocenters. The van der Waals surface area contributed by atoms with Crippen LogP contribution in [0.5, 0.6) is 0 Å². The first-order valence-corrected chi connectivity index (χ1v) is 30.4. The van der Waals surface area contributed by atoms with Crippen LogP contribution in [0.25, 0.3) is 22.3 Å². The number of hydrogen-bond acceptors (Lipinski definition) is 16. The van der Waals surface area contributed by atoms with Gasteiger partial charge in [-0.1, -0.05) is 58.5 Å². The number of rotatable bonds is 14. The zero-order chi connectivity index (χ0) is 52.6. The Hall–Kier alpha value is -4.90. The van der Waals surface area contributed by atoms with Crippen LogP contribution in [0.4, 0.5) is 11.6 Å². The maximum Gasteiger partial charge on any atom is 0.190 e. The van der Waals surface area contributed by atoms with E-state index in [1.807, 2.05) is 26.0 Å². The van der Waals surface area contributed by atoms with Gasteiger partial charge < -0.3 is 19.6 Å². The molecule has 0 spiro atoms. The molecule has 18 nitrogen and oxygen atoms in total. The lowest BCUT2D eigenvalue weighted by Gasteiger charge is -2.47. The number of aromatic nitrogens is 8. The van der Waals surface area contributed by atoms with Crippen LogP contribution in [-0.4, -0.2) is 156 Å². The first-order chi connectivity index (χ1) is 35.2. The Labute approximate surface area is 452 Å². The summed E-state index contributed by atoms with van der Waals surface area (Å²) in [6.07, 6.45) is 10.5. The summed E-state index contributed by atoms with van der Waals surface area (Å²) in [5.74, 6) is 4.10. The Balaban J connectivity index is 0.000000182. The zero-order valence-electron chi connectivity index (χ0n) is 41.6. The second-order valence-electron chi connectivity index (χ2n) is 20.3. The molecular weight excluding hydrogens is 1070 g/mol. The van der Waals surface area contributed by atoms with Crippen LogP contribution in [0.2, 0.25) is 20.1 Å². The largest absolute Gasteiger partial charge is 0.355 e. The number of piperidine rings is 2. The van der Waals surface area contributed by atoms with Crippen LogP contribution in [0.15, 0.2) is 48.8 Å². The van der Waals surface area contributed by atoms with E-state index >= 15 is 0 Å². The minimum Gasteiger partial charge on any atom is -0.355 e. The molecule has 0 amide bonds. The smallest absolute Gasteiger partial charge is 0.190 e. The molecule has 24 heteroatoms. The van der Waals surface area contributed by atoms with Crippen LogP contribution < -0.4 is 9.80 Å². The molecule has 0 radical (unpaired) electrons. The highest BCUT2D eigenvalue weighted by Gasteiger charge is 2.39. The number of sulfone groups is 2. The summed E-state index contributed by atoms with van der Waals surface area (Å²) in [5.41, 5.74) is 4.12. The number of halogens is 4. The van der Waals surface area contributed by atoms with Gasteiger partial charge in [0.1, 0.15) is 54.5 Å².